The quantitative estimate of drug-likeness (QED) is 0.581. The van der Waals surface area contributed by atoms with Gasteiger partial charge in [0.05, 0.1) is 13.0 Å². The van der Waals surface area contributed by atoms with Crippen LogP contribution in [0.4, 0.5) is 0 Å². The summed E-state index contributed by atoms with van der Waals surface area (Å²) in [5.41, 5.74) is 1.11. The number of hydrogen-bond donors (Lipinski definition) is 2. The first kappa shape index (κ1) is 24.3. The van der Waals surface area contributed by atoms with Gasteiger partial charge in [-0.1, -0.05) is 6.92 Å². The van der Waals surface area contributed by atoms with Crippen molar-refractivity contribution in [3.63, 3.8) is 0 Å². The van der Waals surface area contributed by atoms with Crippen molar-refractivity contribution in [1.29, 1.82) is 0 Å². The molecule has 2 aromatic rings. The Kier molecular flexibility index (Phi) is 7.73. The van der Waals surface area contributed by atoms with Gasteiger partial charge in [0, 0.05) is 36.5 Å². The lowest BCUT2D eigenvalue weighted by molar-refractivity contribution is -0.146. The summed E-state index contributed by atoms with van der Waals surface area (Å²) in [5, 5.41) is 12.7. The topological polar surface area (TPSA) is 126 Å². The molecule has 178 valence electrons. The standard InChI is InChI=1S/C24H30N2O7/c1-4-19(22(28)26-11-9-15(10-12-26)23(29)30)25-21(27)8-7-18-14(2)17-6-5-16(32-3)13-20(17)33-24(18)31/h5-6,13,15,19H,4,7-12H2,1-3H3,(H,25,27)(H,29,30)/t19-/m0/s1. The molecular weight excluding hydrogens is 428 g/mol. The Hall–Kier alpha value is -3.36. The number of fused-ring (bicyclic) bond motifs is 1. The van der Waals surface area contributed by atoms with Gasteiger partial charge in [-0.25, -0.2) is 4.79 Å². The van der Waals surface area contributed by atoms with E-state index in [1.165, 1.54) is 7.11 Å². The third kappa shape index (κ3) is 5.53. The number of ether oxygens (including phenoxy) is 1. The second-order valence-corrected chi connectivity index (χ2v) is 8.32. The van der Waals surface area contributed by atoms with Crippen LogP contribution in [-0.2, 0) is 20.8 Å². The normalized spacial score (nSPS) is 15.3. The minimum atomic E-state index is -0.838. The number of carbonyl (C=O) groups excluding carboxylic acids is 2. The van der Waals surface area contributed by atoms with E-state index in [1.54, 1.807) is 17.0 Å². The minimum absolute atomic E-state index is 0.0398. The first-order valence-electron chi connectivity index (χ1n) is 11.2. The number of nitrogens with zero attached hydrogens (tertiary/aromatic N) is 1. The van der Waals surface area contributed by atoms with Gasteiger partial charge in [-0.05, 0) is 50.3 Å². The van der Waals surface area contributed by atoms with E-state index in [0.717, 1.165) is 10.9 Å². The second-order valence-electron chi connectivity index (χ2n) is 8.32. The van der Waals surface area contributed by atoms with Crippen molar-refractivity contribution in [3.05, 3.63) is 39.7 Å². The van der Waals surface area contributed by atoms with Gasteiger partial charge >= 0.3 is 11.6 Å². The molecule has 0 spiro atoms. The summed E-state index contributed by atoms with van der Waals surface area (Å²) in [6.07, 6.45) is 1.47. The van der Waals surface area contributed by atoms with Gasteiger partial charge in [-0.3, -0.25) is 14.4 Å². The van der Waals surface area contributed by atoms with E-state index in [9.17, 15) is 19.2 Å². The summed E-state index contributed by atoms with van der Waals surface area (Å²) in [6.45, 7) is 4.36. The van der Waals surface area contributed by atoms with Crippen molar-refractivity contribution >= 4 is 28.8 Å². The van der Waals surface area contributed by atoms with Crippen LogP contribution in [0.5, 0.6) is 5.75 Å². The summed E-state index contributed by atoms with van der Waals surface area (Å²) in [6, 6.07) is 4.56. The van der Waals surface area contributed by atoms with E-state index in [4.69, 9.17) is 14.3 Å². The van der Waals surface area contributed by atoms with Gasteiger partial charge in [0.2, 0.25) is 11.8 Å². The molecule has 2 N–H and O–H groups in total. The molecule has 2 amide bonds. The van der Waals surface area contributed by atoms with E-state index in [2.05, 4.69) is 5.32 Å². The number of hydrogen-bond acceptors (Lipinski definition) is 6. The SMILES string of the molecule is CC[C@H](NC(=O)CCc1c(C)c2ccc(OC)cc2oc1=O)C(=O)N1CCC(C(=O)O)CC1. The average molecular weight is 459 g/mol. The maximum Gasteiger partial charge on any atom is 0.339 e. The first-order chi connectivity index (χ1) is 15.7. The molecule has 1 atom stereocenters. The molecule has 33 heavy (non-hydrogen) atoms. The number of carboxylic acid groups (broad SMARTS) is 1. The van der Waals surface area contributed by atoms with Gasteiger partial charge in [0.15, 0.2) is 0 Å². The summed E-state index contributed by atoms with van der Waals surface area (Å²) in [7, 11) is 1.53. The molecule has 9 heteroatoms. The minimum Gasteiger partial charge on any atom is -0.497 e. The molecule has 0 radical (unpaired) electrons. The zero-order valence-electron chi connectivity index (χ0n) is 19.2. The number of rotatable bonds is 8. The number of carboxylic acids is 1. The van der Waals surface area contributed by atoms with Crippen LogP contribution in [0.25, 0.3) is 11.0 Å². The molecule has 1 aromatic heterocycles. The Bertz CT molecular complexity index is 1100. The van der Waals surface area contributed by atoms with E-state index < -0.39 is 23.6 Å². The second kappa shape index (κ2) is 10.5. The smallest absolute Gasteiger partial charge is 0.339 e. The molecule has 0 saturated carbocycles. The summed E-state index contributed by atoms with van der Waals surface area (Å²) in [4.78, 5) is 50.6. The molecule has 0 aliphatic carbocycles. The number of aliphatic carboxylic acids is 1. The Morgan fingerprint density at radius 2 is 1.97 bits per heavy atom. The van der Waals surface area contributed by atoms with Crippen LogP contribution in [0.1, 0.15) is 43.7 Å². The third-order valence-corrected chi connectivity index (χ3v) is 6.29. The van der Waals surface area contributed by atoms with Crippen LogP contribution < -0.4 is 15.7 Å². The van der Waals surface area contributed by atoms with Crippen molar-refractivity contribution in [1.82, 2.24) is 10.2 Å². The molecule has 0 bridgehead atoms. The van der Waals surface area contributed by atoms with Crippen LogP contribution in [0.15, 0.2) is 27.4 Å². The molecule has 1 saturated heterocycles. The number of benzene rings is 1. The maximum atomic E-state index is 12.8. The molecule has 1 aromatic carbocycles. The van der Waals surface area contributed by atoms with Crippen molar-refractivity contribution in [3.8, 4) is 5.75 Å². The molecule has 3 rings (SSSR count). The number of aryl methyl sites for hydroxylation is 1. The van der Waals surface area contributed by atoms with Gasteiger partial charge in [0.25, 0.3) is 0 Å². The van der Waals surface area contributed by atoms with Gasteiger partial charge < -0.3 is 24.5 Å². The number of methoxy groups -OCH3 is 1. The Morgan fingerprint density at radius 3 is 2.58 bits per heavy atom. The number of piperidine rings is 1. The lowest BCUT2D eigenvalue weighted by atomic mass is 9.96. The predicted octanol–water partition coefficient (Wildman–Crippen LogP) is 2.26. The van der Waals surface area contributed by atoms with E-state index >= 15 is 0 Å². The third-order valence-electron chi connectivity index (χ3n) is 6.29. The number of amides is 2. The monoisotopic (exact) mass is 458 g/mol. The summed E-state index contributed by atoms with van der Waals surface area (Å²) < 4.78 is 10.6. The van der Waals surface area contributed by atoms with Crippen LogP contribution in [-0.4, -0.2) is 54.0 Å². The zero-order valence-corrected chi connectivity index (χ0v) is 19.2. The molecule has 1 aliphatic rings. The summed E-state index contributed by atoms with van der Waals surface area (Å²) >= 11 is 0. The van der Waals surface area contributed by atoms with E-state index in [0.29, 0.717) is 49.2 Å². The van der Waals surface area contributed by atoms with E-state index in [1.807, 2.05) is 19.9 Å². The van der Waals surface area contributed by atoms with Crippen molar-refractivity contribution in [2.75, 3.05) is 20.2 Å². The number of nitrogens with one attached hydrogen (secondary N) is 1. The molecule has 1 fully saturated rings. The van der Waals surface area contributed by atoms with Crippen molar-refractivity contribution < 1.29 is 28.6 Å². The Balaban J connectivity index is 1.62. The van der Waals surface area contributed by atoms with E-state index in [-0.39, 0.29) is 24.7 Å². The first-order valence-corrected chi connectivity index (χ1v) is 11.2. The summed E-state index contributed by atoms with van der Waals surface area (Å²) in [5.74, 6) is -1.22. The Morgan fingerprint density at radius 1 is 1.27 bits per heavy atom. The molecule has 9 nitrogen and oxygen atoms in total. The van der Waals surface area contributed by atoms with Crippen LogP contribution in [0.3, 0.4) is 0 Å². The molecular formula is C24H30N2O7. The molecule has 2 heterocycles. The fourth-order valence-electron chi connectivity index (χ4n) is 4.20. The fraction of sp³-hybridized carbons (Fsp3) is 0.500. The molecule has 1 aliphatic heterocycles. The fourth-order valence-corrected chi connectivity index (χ4v) is 4.20. The highest BCUT2D eigenvalue weighted by molar-refractivity contribution is 5.88. The molecule has 0 unspecified atom stereocenters. The van der Waals surface area contributed by atoms with Crippen LogP contribution >= 0.6 is 0 Å². The van der Waals surface area contributed by atoms with Gasteiger partial charge in [-0.2, -0.15) is 0 Å². The highest BCUT2D eigenvalue weighted by Gasteiger charge is 2.30. The lowest BCUT2D eigenvalue weighted by Crippen LogP contribution is -2.51. The Labute approximate surface area is 191 Å². The highest BCUT2D eigenvalue weighted by atomic mass is 16.5. The largest absolute Gasteiger partial charge is 0.497 e. The number of carbonyl (C=O) groups is 3. The van der Waals surface area contributed by atoms with Crippen molar-refractivity contribution in [2.45, 2.75) is 52.0 Å². The van der Waals surface area contributed by atoms with Crippen LogP contribution in [0, 0.1) is 12.8 Å². The van der Waals surface area contributed by atoms with Crippen LogP contribution in [0.2, 0.25) is 0 Å². The zero-order chi connectivity index (χ0) is 24.1. The maximum absolute atomic E-state index is 12.8. The number of likely N-dealkylation sites (tertiary alicyclic amines) is 1. The van der Waals surface area contributed by atoms with Gasteiger partial charge in [0.1, 0.15) is 17.4 Å². The lowest BCUT2D eigenvalue weighted by Gasteiger charge is -2.32. The van der Waals surface area contributed by atoms with Gasteiger partial charge in [-0.15, -0.1) is 0 Å². The average Bonchev–Trinajstić information content (AvgIpc) is 2.81. The highest BCUT2D eigenvalue weighted by Crippen LogP contribution is 2.24. The van der Waals surface area contributed by atoms with Crippen molar-refractivity contribution in [2.24, 2.45) is 5.92 Å². The predicted molar refractivity (Wildman–Crippen MR) is 121 cm³/mol.